The van der Waals surface area contributed by atoms with Crippen LogP contribution in [-0.4, -0.2) is 26.8 Å². The zero-order chi connectivity index (χ0) is 16.1. The summed E-state index contributed by atoms with van der Waals surface area (Å²) in [5, 5.41) is 3.32. The summed E-state index contributed by atoms with van der Waals surface area (Å²) in [7, 11) is -3.18. The molecule has 3 nitrogen and oxygen atoms in total. The van der Waals surface area contributed by atoms with E-state index < -0.39 is 9.84 Å². The standard InChI is InChI=1S/C17H29NO2S/c1-6-12-18-14(2)11-13-21(19,20)16-9-7-15(8-10-16)17(3,4)5/h7-10,14,18H,6,11-13H2,1-5H3. The van der Waals surface area contributed by atoms with Crippen molar-refractivity contribution in [3.05, 3.63) is 29.8 Å². The highest BCUT2D eigenvalue weighted by molar-refractivity contribution is 7.91. The predicted molar refractivity (Wildman–Crippen MR) is 89.6 cm³/mol. The molecular weight excluding hydrogens is 282 g/mol. The van der Waals surface area contributed by atoms with Gasteiger partial charge in [0.1, 0.15) is 0 Å². The van der Waals surface area contributed by atoms with Gasteiger partial charge in [0.05, 0.1) is 10.6 Å². The van der Waals surface area contributed by atoms with Gasteiger partial charge in [-0.3, -0.25) is 0 Å². The summed E-state index contributed by atoms with van der Waals surface area (Å²) in [4.78, 5) is 0.429. The lowest BCUT2D eigenvalue weighted by Gasteiger charge is -2.19. The van der Waals surface area contributed by atoms with Crippen LogP contribution in [-0.2, 0) is 15.3 Å². The second-order valence-corrected chi connectivity index (χ2v) is 8.85. The molecular formula is C17H29NO2S. The molecule has 0 radical (unpaired) electrons. The molecule has 21 heavy (non-hydrogen) atoms. The SMILES string of the molecule is CCCNC(C)CCS(=O)(=O)c1ccc(C(C)(C)C)cc1. The van der Waals surface area contributed by atoms with Crippen molar-refractivity contribution in [2.75, 3.05) is 12.3 Å². The van der Waals surface area contributed by atoms with Crippen LogP contribution in [0.25, 0.3) is 0 Å². The van der Waals surface area contributed by atoms with Gasteiger partial charge in [0.25, 0.3) is 0 Å². The second kappa shape index (κ2) is 7.41. The van der Waals surface area contributed by atoms with Gasteiger partial charge in [-0.15, -0.1) is 0 Å². The Morgan fingerprint density at radius 1 is 1.14 bits per heavy atom. The van der Waals surface area contributed by atoms with Crippen LogP contribution >= 0.6 is 0 Å². The molecule has 1 aromatic rings. The maximum Gasteiger partial charge on any atom is 0.178 e. The normalized spacial score (nSPS) is 14.1. The summed E-state index contributed by atoms with van der Waals surface area (Å²) in [6, 6.07) is 7.55. The van der Waals surface area contributed by atoms with E-state index in [0.29, 0.717) is 11.3 Å². The smallest absolute Gasteiger partial charge is 0.178 e. The first-order chi connectivity index (χ1) is 9.66. The summed E-state index contributed by atoms with van der Waals surface area (Å²) >= 11 is 0. The Hall–Kier alpha value is -0.870. The Morgan fingerprint density at radius 3 is 2.19 bits per heavy atom. The van der Waals surface area contributed by atoms with Crippen LogP contribution in [0, 0.1) is 0 Å². The molecule has 1 N–H and O–H groups in total. The molecule has 0 aliphatic rings. The molecule has 1 atom stereocenters. The van der Waals surface area contributed by atoms with Gasteiger partial charge in [0.2, 0.25) is 0 Å². The molecule has 0 bridgehead atoms. The van der Waals surface area contributed by atoms with E-state index in [2.05, 4.69) is 33.0 Å². The third kappa shape index (κ3) is 5.79. The van der Waals surface area contributed by atoms with Crippen molar-refractivity contribution < 1.29 is 8.42 Å². The first-order valence-corrected chi connectivity index (χ1v) is 9.38. The maximum absolute atomic E-state index is 12.3. The van der Waals surface area contributed by atoms with Crippen molar-refractivity contribution in [2.24, 2.45) is 0 Å². The molecule has 0 saturated heterocycles. The number of nitrogens with one attached hydrogen (secondary N) is 1. The van der Waals surface area contributed by atoms with Crippen molar-refractivity contribution in [1.29, 1.82) is 0 Å². The molecule has 0 amide bonds. The van der Waals surface area contributed by atoms with Crippen LogP contribution in [0.5, 0.6) is 0 Å². The fraction of sp³-hybridized carbons (Fsp3) is 0.647. The molecule has 0 saturated carbocycles. The minimum absolute atomic E-state index is 0.0425. The summed E-state index contributed by atoms with van der Waals surface area (Å²) < 4.78 is 24.7. The minimum atomic E-state index is -3.18. The number of benzene rings is 1. The largest absolute Gasteiger partial charge is 0.314 e. The number of rotatable bonds is 7. The van der Waals surface area contributed by atoms with Crippen LogP contribution in [0.2, 0.25) is 0 Å². The molecule has 0 aliphatic heterocycles. The summed E-state index contributed by atoms with van der Waals surface area (Å²) in [5.41, 5.74) is 1.19. The summed E-state index contributed by atoms with van der Waals surface area (Å²) in [6.45, 7) is 11.4. The van der Waals surface area contributed by atoms with Gasteiger partial charge in [-0.25, -0.2) is 8.42 Å². The van der Waals surface area contributed by atoms with Crippen LogP contribution in [0.15, 0.2) is 29.2 Å². The first kappa shape index (κ1) is 18.2. The fourth-order valence-corrected chi connectivity index (χ4v) is 3.56. The van der Waals surface area contributed by atoms with E-state index in [1.165, 1.54) is 0 Å². The lowest BCUT2D eigenvalue weighted by Crippen LogP contribution is -2.28. The van der Waals surface area contributed by atoms with E-state index in [9.17, 15) is 8.42 Å². The Kier molecular flexibility index (Phi) is 6.41. The van der Waals surface area contributed by atoms with E-state index >= 15 is 0 Å². The second-order valence-electron chi connectivity index (χ2n) is 6.74. The van der Waals surface area contributed by atoms with Gasteiger partial charge in [0.15, 0.2) is 9.84 Å². The van der Waals surface area contributed by atoms with Crippen molar-refractivity contribution in [3.63, 3.8) is 0 Å². The Labute approximate surface area is 130 Å². The molecule has 1 aromatic carbocycles. The first-order valence-electron chi connectivity index (χ1n) is 7.73. The molecule has 120 valence electrons. The van der Waals surface area contributed by atoms with Crippen molar-refractivity contribution in [3.8, 4) is 0 Å². The maximum atomic E-state index is 12.3. The topological polar surface area (TPSA) is 46.2 Å². The molecule has 0 heterocycles. The highest BCUT2D eigenvalue weighted by atomic mass is 32.2. The number of hydrogen-bond acceptors (Lipinski definition) is 3. The molecule has 0 aromatic heterocycles. The highest BCUT2D eigenvalue weighted by Crippen LogP contribution is 2.24. The summed E-state index contributed by atoms with van der Waals surface area (Å²) in [6.07, 6.45) is 1.70. The van der Waals surface area contributed by atoms with E-state index in [4.69, 9.17) is 0 Å². The van der Waals surface area contributed by atoms with Gasteiger partial charge in [-0.05, 0) is 49.4 Å². The van der Waals surface area contributed by atoms with Gasteiger partial charge >= 0.3 is 0 Å². The zero-order valence-corrected chi connectivity index (χ0v) is 14.8. The Morgan fingerprint density at radius 2 is 1.71 bits per heavy atom. The number of sulfone groups is 1. The predicted octanol–water partition coefficient (Wildman–Crippen LogP) is 3.54. The van der Waals surface area contributed by atoms with Gasteiger partial charge in [-0.2, -0.15) is 0 Å². The molecule has 1 rings (SSSR count). The van der Waals surface area contributed by atoms with Crippen LogP contribution in [0.1, 0.15) is 53.0 Å². The molecule has 1 unspecified atom stereocenters. The average Bonchev–Trinajstić information content (AvgIpc) is 2.42. The quantitative estimate of drug-likeness (QED) is 0.838. The zero-order valence-electron chi connectivity index (χ0n) is 13.9. The summed E-state index contributed by atoms with van der Waals surface area (Å²) in [5.74, 6) is 0.194. The fourth-order valence-electron chi connectivity index (χ4n) is 2.10. The van der Waals surface area contributed by atoms with Crippen LogP contribution in [0.4, 0.5) is 0 Å². The van der Waals surface area contributed by atoms with Crippen LogP contribution < -0.4 is 5.32 Å². The molecule has 0 spiro atoms. The Balaban J connectivity index is 2.70. The van der Waals surface area contributed by atoms with E-state index in [1.807, 2.05) is 19.1 Å². The molecule has 0 aliphatic carbocycles. The Bertz CT molecular complexity index is 527. The molecule has 0 fully saturated rings. The van der Waals surface area contributed by atoms with Crippen molar-refractivity contribution in [1.82, 2.24) is 5.32 Å². The number of hydrogen-bond donors (Lipinski definition) is 1. The van der Waals surface area contributed by atoms with Crippen LogP contribution in [0.3, 0.4) is 0 Å². The van der Waals surface area contributed by atoms with E-state index in [0.717, 1.165) is 18.5 Å². The minimum Gasteiger partial charge on any atom is -0.314 e. The monoisotopic (exact) mass is 311 g/mol. The highest BCUT2D eigenvalue weighted by Gasteiger charge is 2.18. The lowest BCUT2D eigenvalue weighted by atomic mass is 9.87. The lowest BCUT2D eigenvalue weighted by molar-refractivity contribution is 0.525. The van der Waals surface area contributed by atoms with Gasteiger partial charge in [-0.1, -0.05) is 39.8 Å². The van der Waals surface area contributed by atoms with E-state index in [-0.39, 0.29) is 17.2 Å². The third-order valence-corrected chi connectivity index (χ3v) is 5.41. The average molecular weight is 311 g/mol. The third-order valence-electron chi connectivity index (χ3n) is 3.64. The van der Waals surface area contributed by atoms with Crippen molar-refractivity contribution >= 4 is 9.84 Å². The molecule has 4 heteroatoms. The van der Waals surface area contributed by atoms with Crippen molar-refractivity contribution in [2.45, 2.75) is 63.8 Å². The van der Waals surface area contributed by atoms with Gasteiger partial charge < -0.3 is 5.32 Å². The van der Waals surface area contributed by atoms with Gasteiger partial charge in [0, 0.05) is 6.04 Å². The van der Waals surface area contributed by atoms with E-state index in [1.54, 1.807) is 12.1 Å².